The number of carbonyl (C=O) groups is 2. The molecule has 111 heavy (non-hydrogen) atoms. The number of hydrogen-bond donors (Lipinski definition) is 2. The second-order valence-corrected chi connectivity index (χ2v) is 33.8. The van der Waals surface area contributed by atoms with E-state index in [4.69, 9.17) is 9.47 Å². The largest absolute Gasteiger partial charge is 0.444 e. The van der Waals surface area contributed by atoms with Crippen LogP contribution in [0.5, 0.6) is 0 Å². The van der Waals surface area contributed by atoms with Gasteiger partial charge in [-0.3, -0.25) is 39.5 Å². The lowest BCUT2D eigenvalue weighted by Gasteiger charge is -2.52. The van der Waals surface area contributed by atoms with E-state index in [1.54, 1.807) is 23.5 Å². The maximum atomic E-state index is 12.8. The van der Waals surface area contributed by atoms with E-state index >= 15 is 0 Å². The number of ether oxygens (including phenoxy) is 2. The lowest BCUT2D eigenvalue weighted by atomic mass is 9.99. The van der Waals surface area contributed by atoms with Crippen LogP contribution in [-0.2, 0) is 48.7 Å². The van der Waals surface area contributed by atoms with Crippen molar-refractivity contribution in [1.29, 1.82) is 15.8 Å². The highest BCUT2D eigenvalue weighted by Gasteiger charge is 2.42. The zero-order valence-electron chi connectivity index (χ0n) is 65.3. The highest BCUT2D eigenvalue weighted by Crippen LogP contribution is 2.40. The van der Waals surface area contributed by atoms with E-state index in [0.717, 1.165) is 154 Å². The van der Waals surface area contributed by atoms with Crippen molar-refractivity contribution in [1.82, 2.24) is 50.1 Å². The molecule has 6 fully saturated rings. The van der Waals surface area contributed by atoms with Gasteiger partial charge in [0.15, 0.2) is 0 Å². The topological polar surface area (TPSA) is 219 Å². The highest BCUT2D eigenvalue weighted by atomic mass is 79.9. The molecule has 0 saturated carbocycles. The van der Waals surface area contributed by atoms with E-state index in [1.165, 1.54) is 56.1 Å². The van der Waals surface area contributed by atoms with Gasteiger partial charge in [0.1, 0.15) is 29.4 Å². The second kappa shape index (κ2) is 32.3. The monoisotopic (exact) mass is 1550 g/mol. The Kier molecular flexibility index (Phi) is 22.2. The van der Waals surface area contributed by atoms with Gasteiger partial charge >= 0.3 is 12.2 Å². The van der Waals surface area contributed by atoms with Crippen molar-refractivity contribution >= 4 is 89.3 Å². The molecule has 6 saturated heterocycles. The Morgan fingerprint density at radius 1 is 0.423 bits per heavy atom. The molecular formula is C88H101BrN18O4. The molecule has 18 rings (SSSR count). The molecule has 2 amide bonds. The number of carbonyl (C=O) groups excluding carboxylic acids is 2. The number of nitrogens with one attached hydrogen (secondary N) is 2. The molecule has 6 aromatic carbocycles. The lowest BCUT2D eigenvalue weighted by molar-refractivity contribution is 0.0232. The van der Waals surface area contributed by atoms with Crippen molar-refractivity contribution in [3.8, 4) is 18.2 Å². The molecule has 574 valence electrons. The van der Waals surface area contributed by atoms with Crippen LogP contribution < -0.4 is 35.1 Å². The molecule has 6 atom stereocenters. The van der Waals surface area contributed by atoms with Gasteiger partial charge in [-0.2, -0.15) is 15.8 Å². The minimum atomic E-state index is -0.509. The summed E-state index contributed by atoms with van der Waals surface area (Å²) in [5, 5.41) is 38.6. The summed E-state index contributed by atoms with van der Waals surface area (Å²) < 4.78 is 12.1. The quantitative estimate of drug-likeness (QED) is 0.164. The summed E-state index contributed by atoms with van der Waals surface area (Å²) in [4.78, 5) is 62.3. The van der Waals surface area contributed by atoms with Gasteiger partial charge in [-0.15, -0.1) is 0 Å². The first-order valence-electron chi connectivity index (χ1n) is 39.3. The summed E-state index contributed by atoms with van der Waals surface area (Å²) in [6.45, 7) is 38.0. The minimum Gasteiger partial charge on any atom is -0.444 e. The number of rotatable bonds is 5. The third-order valence-electron chi connectivity index (χ3n) is 23.3. The van der Waals surface area contributed by atoms with Crippen LogP contribution in [0.3, 0.4) is 0 Å². The van der Waals surface area contributed by atoms with Crippen molar-refractivity contribution < 1.29 is 19.1 Å². The maximum Gasteiger partial charge on any atom is 0.410 e. The van der Waals surface area contributed by atoms with E-state index in [1.807, 2.05) is 101 Å². The normalized spacial score (nSPS) is 21.7. The fraction of sp³-hybridized carbons (Fsp3) is 0.432. The summed E-state index contributed by atoms with van der Waals surface area (Å²) in [7, 11) is 0. The fourth-order valence-corrected chi connectivity index (χ4v) is 18.7. The smallest absolute Gasteiger partial charge is 0.410 e. The van der Waals surface area contributed by atoms with Gasteiger partial charge in [0.25, 0.3) is 0 Å². The van der Waals surface area contributed by atoms with Crippen LogP contribution in [0, 0.1) is 34.0 Å². The van der Waals surface area contributed by atoms with E-state index < -0.39 is 11.2 Å². The van der Waals surface area contributed by atoms with Crippen molar-refractivity contribution in [2.45, 2.75) is 149 Å². The number of benzene rings is 6. The number of anilines is 5. The van der Waals surface area contributed by atoms with Crippen LogP contribution in [0.25, 0.3) is 32.7 Å². The first-order valence-corrected chi connectivity index (χ1v) is 40.1. The van der Waals surface area contributed by atoms with Gasteiger partial charge in [-0.05, 0) is 187 Å². The molecule has 12 heterocycles. The molecule has 22 nitrogen and oxygen atoms in total. The van der Waals surface area contributed by atoms with E-state index in [2.05, 4.69) is 192 Å². The van der Waals surface area contributed by atoms with Crippen molar-refractivity contribution in [2.24, 2.45) is 0 Å². The van der Waals surface area contributed by atoms with E-state index in [9.17, 15) is 25.4 Å². The van der Waals surface area contributed by atoms with Crippen LogP contribution in [-0.4, -0.2) is 197 Å². The molecule has 0 bridgehead atoms. The Morgan fingerprint density at radius 3 is 1.28 bits per heavy atom. The molecule has 2 N–H and O–H groups in total. The lowest BCUT2D eigenvalue weighted by Crippen LogP contribution is -2.65. The summed E-state index contributed by atoms with van der Waals surface area (Å²) in [6.07, 6.45) is 4.79. The van der Waals surface area contributed by atoms with Crippen LogP contribution in [0.4, 0.5) is 38.0 Å². The standard InChI is InChI=1S/C31H36N6O2.C26H28N6.C18H21N5.C13H16BrNO2/c1-21-16-35(28-11-10-22(15-32)29-25(28)8-6-12-33-29)19-24-18-34(13-14-37(21)24)27-9-5-7-23-17-36(20-26(23)27)30(38)39-31(2,3)4;1-18-15-31(25-8-7-19(12-27)26-22(25)5-3-9-29-26)17-21-16-30(10-11-32(18)21)24-6-2-4-20-13-28-14-23(20)24;1-13-11-22(12-15-10-20-7-8-23(13)15)17-5-4-14(9-19)18-16(17)3-2-6-21-18;1-13(2,3)17-12(16)15-7-9-5-4-6-11(14)10(9)8-15/h5-12,21,24H,13-14,16-20H2,1-4H3;2-9,18,21,28H,10-11,13-17H2,1H3;2-6,13,15,20H,7-8,10-12H2,1H3;4-6H,7-8H2,1-3H3/t21-,24+;18-,21+;13-,15+;/m111./s1. The Bertz CT molecular complexity index is 5100. The van der Waals surface area contributed by atoms with E-state index in [0.29, 0.717) is 79.1 Å². The highest BCUT2D eigenvalue weighted by molar-refractivity contribution is 9.10. The Hall–Kier alpha value is -10.2. The predicted molar refractivity (Wildman–Crippen MR) is 442 cm³/mol. The first kappa shape index (κ1) is 76.2. The Morgan fingerprint density at radius 2 is 0.829 bits per heavy atom. The number of aromatic nitrogens is 3. The molecule has 0 aliphatic carbocycles. The van der Waals surface area contributed by atoms with Crippen LogP contribution in [0.15, 0.2) is 150 Å². The van der Waals surface area contributed by atoms with Gasteiger partial charge in [0.05, 0.1) is 46.3 Å². The van der Waals surface area contributed by atoms with Gasteiger partial charge < -0.3 is 44.6 Å². The van der Waals surface area contributed by atoms with Crippen molar-refractivity contribution in [3.05, 3.63) is 201 Å². The molecule has 3 aromatic heterocycles. The molecule has 9 aliphatic heterocycles. The van der Waals surface area contributed by atoms with Crippen LogP contribution in [0.1, 0.15) is 112 Å². The number of nitrogens with zero attached hydrogens (tertiary/aromatic N) is 16. The van der Waals surface area contributed by atoms with Gasteiger partial charge in [-0.25, -0.2) is 9.59 Å². The molecular weight excluding hydrogens is 1450 g/mol. The SMILES string of the molecule is CC(C)(C)OC(=O)N1Cc2cccc(Br)c2C1.C[C@@H]1CN(c2ccc(C#N)c3ncccc23)C[C@@H]2CN(c3cccc4c3CN(C(=O)OC(C)(C)C)C4)CCN21.C[C@@H]1CN(c2ccc(C#N)c3ncccc23)C[C@@H]2CN(c3cccc4c3CNC4)CCN21.C[C@@H]1CN(c2ccc(C#N)c3ncccc23)C[C@@H]2CNCCN21. The predicted octanol–water partition coefficient (Wildman–Crippen LogP) is 13.2. The number of halogens is 1. The second-order valence-electron chi connectivity index (χ2n) is 32.9. The zero-order chi connectivity index (χ0) is 77.4. The third-order valence-corrected chi connectivity index (χ3v) is 24.0. The Labute approximate surface area is 660 Å². The van der Waals surface area contributed by atoms with Crippen molar-refractivity contribution in [3.63, 3.8) is 0 Å². The fourth-order valence-electron chi connectivity index (χ4n) is 18.2. The summed E-state index contributed by atoms with van der Waals surface area (Å²) in [5.74, 6) is 0. The number of nitriles is 3. The summed E-state index contributed by atoms with van der Waals surface area (Å²) in [6, 6.07) is 53.1. The molecule has 0 unspecified atom stereocenters. The molecule has 9 aliphatic rings. The molecule has 23 heteroatoms. The number of amides is 2. The number of piperazine rings is 6. The Balaban J connectivity index is 0.000000122. The molecule has 0 radical (unpaired) electrons. The van der Waals surface area contributed by atoms with E-state index in [-0.39, 0.29) is 12.2 Å². The van der Waals surface area contributed by atoms with Crippen LogP contribution >= 0.6 is 15.9 Å². The summed E-state index contributed by atoms with van der Waals surface area (Å²) in [5.41, 5.74) is 17.3. The maximum absolute atomic E-state index is 12.8. The number of hydrogen-bond acceptors (Lipinski definition) is 20. The summed E-state index contributed by atoms with van der Waals surface area (Å²) >= 11 is 3.51. The van der Waals surface area contributed by atoms with Gasteiger partial charge in [0.2, 0.25) is 0 Å². The molecule has 9 aromatic rings. The minimum absolute atomic E-state index is 0.249. The van der Waals surface area contributed by atoms with Gasteiger partial charge in [-0.1, -0.05) is 52.3 Å². The molecule has 0 spiro atoms. The third kappa shape index (κ3) is 16.2. The average molecular weight is 1550 g/mol. The average Bonchev–Trinajstić information content (AvgIpc) is 1.45. The van der Waals surface area contributed by atoms with Crippen LogP contribution in [0.2, 0.25) is 0 Å². The van der Waals surface area contributed by atoms with Gasteiger partial charge in [0, 0.05) is 228 Å². The zero-order valence-corrected chi connectivity index (χ0v) is 66.9. The van der Waals surface area contributed by atoms with Crippen molar-refractivity contribution in [2.75, 3.05) is 123 Å². The first-order chi connectivity index (χ1) is 53.6. The number of pyridine rings is 3. The number of fused-ring (bicyclic) bond motifs is 9.